The third kappa shape index (κ3) is 2.22. The maximum atomic E-state index is 11.1. The third-order valence-corrected chi connectivity index (χ3v) is 3.26. The number of ether oxygens (including phenoxy) is 2. The molecular formula is C15H13N3O4. The van der Waals surface area contributed by atoms with E-state index >= 15 is 0 Å². The van der Waals surface area contributed by atoms with Gasteiger partial charge < -0.3 is 14.6 Å². The molecule has 0 aliphatic rings. The average molecular weight is 299 g/mol. The van der Waals surface area contributed by atoms with Crippen LogP contribution in [0.4, 0.5) is 0 Å². The average Bonchev–Trinajstić information content (AvgIpc) is 2.98. The van der Waals surface area contributed by atoms with Crippen LogP contribution in [-0.4, -0.2) is 39.9 Å². The van der Waals surface area contributed by atoms with E-state index in [4.69, 9.17) is 14.6 Å². The zero-order valence-electron chi connectivity index (χ0n) is 12.0. The standard InChI is InChI=1S/C15H13N3O4/c1-21-12-4-3-9(7-13(12)22-2)11-5-6-16-14-8-10(15(19)20)17-18(11)14/h3-8H,1-2H3,(H,19,20). The Morgan fingerprint density at radius 1 is 1.14 bits per heavy atom. The van der Waals surface area contributed by atoms with Crippen LogP contribution in [0.15, 0.2) is 36.5 Å². The molecule has 0 saturated carbocycles. The molecule has 7 nitrogen and oxygen atoms in total. The van der Waals surface area contributed by atoms with Gasteiger partial charge in [0.2, 0.25) is 0 Å². The Balaban J connectivity index is 2.19. The Morgan fingerprint density at radius 3 is 2.59 bits per heavy atom. The number of carbonyl (C=O) groups is 1. The summed E-state index contributed by atoms with van der Waals surface area (Å²) in [7, 11) is 3.12. The fraction of sp³-hybridized carbons (Fsp3) is 0.133. The van der Waals surface area contributed by atoms with E-state index in [-0.39, 0.29) is 5.69 Å². The molecule has 2 heterocycles. The smallest absolute Gasteiger partial charge is 0.356 e. The van der Waals surface area contributed by atoms with Crippen LogP contribution < -0.4 is 9.47 Å². The predicted molar refractivity (Wildman–Crippen MR) is 78.5 cm³/mol. The van der Waals surface area contributed by atoms with E-state index in [1.807, 2.05) is 6.07 Å². The Hall–Kier alpha value is -3.09. The molecule has 0 radical (unpaired) electrons. The minimum Gasteiger partial charge on any atom is -0.493 e. The predicted octanol–water partition coefficient (Wildman–Crippen LogP) is 2.11. The first-order chi connectivity index (χ1) is 10.6. The van der Waals surface area contributed by atoms with Crippen molar-refractivity contribution in [2.24, 2.45) is 0 Å². The third-order valence-electron chi connectivity index (χ3n) is 3.26. The van der Waals surface area contributed by atoms with Crippen LogP contribution in [0, 0.1) is 0 Å². The number of hydrogen-bond acceptors (Lipinski definition) is 5. The topological polar surface area (TPSA) is 86.0 Å². The number of aromatic carboxylic acids is 1. The lowest BCUT2D eigenvalue weighted by Gasteiger charge is -2.10. The van der Waals surface area contributed by atoms with Gasteiger partial charge >= 0.3 is 5.97 Å². The van der Waals surface area contributed by atoms with Gasteiger partial charge in [-0.25, -0.2) is 14.3 Å². The highest BCUT2D eigenvalue weighted by molar-refractivity contribution is 5.87. The summed E-state index contributed by atoms with van der Waals surface area (Å²) in [5.41, 5.74) is 1.92. The quantitative estimate of drug-likeness (QED) is 0.794. The normalized spacial score (nSPS) is 10.6. The van der Waals surface area contributed by atoms with E-state index in [9.17, 15) is 4.79 Å². The van der Waals surface area contributed by atoms with E-state index in [1.54, 1.807) is 38.6 Å². The van der Waals surface area contributed by atoms with Gasteiger partial charge in [0, 0.05) is 17.8 Å². The van der Waals surface area contributed by atoms with E-state index < -0.39 is 5.97 Å². The maximum Gasteiger partial charge on any atom is 0.356 e. The molecule has 0 unspecified atom stereocenters. The highest BCUT2D eigenvalue weighted by Crippen LogP contribution is 2.32. The lowest BCUT2D eigenvalue weighted by molar-refractivity contribution is 0.0690. The van der Waals surface area contributed by atoms with Gasteiger partial charge in [-0.1, -0.05) is 0 Å². The number of nitrogens with zero attached hydrogens (tertiary/aromatic N) is 3. The molecule has 0 aliphatic carbocycles. The number of aromatic nitrogens is 3. The van der Waals surface area contributed by atoms with Crippen LogP contribution in [-0.2, 0) is 0 Å². The maximum absolute atomic E-state index is 11.1. The molecule has 3 rings (SSSR count). The van der Waals surface area contributed by atoms with Crippen LogP contribution in [0.5, 0.6) is 11.5 Å². The van der Waals surface area contributed by atoms with E-state index in [2.05, 4.69) is 10.1 Å². The lowest BCUT2D eigenvalue weighted by atomic mass is 10.1. The molecule has 0 aliphatic heterocycles. The molecule has 1 N–H and O–H groups in total. The fourth-order valence-electron chi connectivity index (χ4n) is 2.21. The molecule has 7 heteroatoms. The highest BCUT2D eigenvalue weighted by Gasteiger charge is 2.14. The van der Waals surface area contributed by atoms with Crippen molar-refractivity contribution < 1.29 is 19.4 Å². The van der Waals surface area contributed by atoms with Crippen LogP contribution in [0.1, 0.15) is 10.5 Å². The molecule has 0 atom stereocenters. The summed E-state index contributed by atoms with van der Waals surface area (Å²) >= 11 is 0. The first kappa shape index (κ1) is 13.9. The molecule has 0 bridgehead atoms. The highest BCUT2D eigenvalue weighted by atomic mass is 16.5. The summed E-state index contributed by atoms with van der Waals surface area (Å²) in [6.45, 7) is 0. The fourth-order valence-corrected chi connectivity index (χ4v) is 2.21. The van der Waals surface area contributed by atoms with Crippen molar-refractivity contribution in [2.45, 2.75) is 0 Å². The molecule has 0 fully saturated rings. The van der Waals surface area contributed by atoms with Crippen molar-refractivity contribution in [3.63, 3.8) is 0 Å². The number of hydrogen-bond donors (Lipinski definition) is 1. The Bertz CT molecular complexity index is 857. The molecule has 2 aromatic heterocycles. The van der Waals surface area contributed by atoms with Crippen molar-refractivity contribution in [3.05, 3.63) is 42.2 Å². The molecular weight excluding hydrogens is 286 g/mol. The summed E-state index contributed by atoms with van der Waals surface area (Å²) in [4.78, 5) is 15.2. The van der Waals surface area contributed by atoms with Gasteiger partial charge in [0.25, 0.3) is 0 Å². The van der Waals surface area contributed by atoms with Crippen molar-refractivity contribution >= 4 is 11.6 Å². The van der Waals surface area contributed by atoms with Crippen LogP contribution in [0.25, 0.3) is 16.9 Å². The van der Waals surface area contributed by atoms with Crippen molar-refractivity contribution in [3.8, 4) is 22.8 Å². The second kappa shape index (κ2) is 5.36. The summed E-state index contributed by atoms with van der Waals surface area (Å²) in [6, 6.07) is 8.61. The van der Waals surface area contributed by atoms with Gasteiger partial charge in [-0.2, -0.15) is 5.10 Å². The van der Waals surface area contributed by atoms with Gasteiger partial charge in [0.1, 0.15) is 0 Å². The molecule has 0 spiro atoms. The molecule has 0 saturated heterocycles. The molecule has 22 heavy (non-hydrogen) atoms. The Labute approximate surface area is 125 Å². The second-order valence-electron chi connectivity index (χ2n) is 4.50. The Kier molecular flexibility index (Phi) is 3.38. The monoisotopic (exact) mass is 299 g/mol. The van der Waals surface area contributed by atoms with Crippen LogP contribution in [0.3, 0.4) is 0 Å². The minimum atomic E-state index is -1.09. The lowest BCUT2D eigenvalue weighted by Crippen LogP contribution is -2.00. The van der Waals surface area contributed by atoms with Crippen molar-refractivity contribution in [1.82, 2.24) is 14.6 Å². The van der Waals surface area contributed by atoms with Crippen LogP contribution >= 0.6 is 0 Å². The number of carboxylic acids is 1. The van der Waals surface area contributed by atoms with Crippen molar-refractivity contribution in [2.75, 3.05) is 14.2 Å². The Morgan fingerprint density at radius 2 is 1.91 bits per heavy atom. The zero-order chi connectivity index (χ0) is 15.7. The zero-order valence-corrected chi connectivity index (χ0v) is 12.0. The summed E-state index contributed by atoms with van der Waals surface area (Å²) in [6.07, 6.45) is 1.61. The van der Waals surface area contributed by atoms with E-state index in [1.165, 1.54) is 10.6 Å². The number of fused-ring (bicyclic) bond motifs is 1. The van der Waals surface area contributed by atoms with Gasteiger partial charge in [0.05, 0.1) is 19.9 Å². The number of methoxy groups -OCH3 is 2. The van der Waals surface area contributed by atoms with Crippen molar-refractivity contribution in [1.29, 1.82) is 0 Å². The number of rotatable bonds is 4. The SMILES string of the molecule is COc1ccc(-c2ccnc3cc(C(=O)O)nn23)cc1OC. The number of benzene rings is 1. The summed E-state index contributed by atoms with van der Waals surface area (Å²) in [5, 5.41) is 13.1. The molecule has 3 aromatic rings. The second-order valence-corrected chi connectivity index (χ2v) is 4.50. The van der Waals surface area contributed by atoms with E-state index in [0.717, 1.165) is 5.56 Å². The van der Waals surface area contributed by atoms with Gasteiger partial charge in [0.15, 0.2) is 22.8 Å². The largest absolute Gasteiger partial charge is 0.493 e. The van der Waals surface area contributed by atoms with Gasteiger partial charge in [-0.3, -0.25) is 0 Å². The minimum absolute atomic E-state index is 0.0552. The van der Waals surface area contributed by atoms with Gasteiger partial charge in [-0.15, -0.1) is 0 Å². The summed E-state index contributed by atoms with van der Waals surface area (Å²) in [5.74, 6) is 0.0996. The van der Waals surface area contributed by atoms with E-state index in [0.29, 0.717) is 22.8 Å². The van der Waals surface area contributed by atoms with Gasteiger partial charge in [-0.05, 0) is 24.3 Å². The first-order valence-electron chi connectivity index (χ1n) is 6.44. The molecule has 1 aromatic carbocycles. The number of carboxylic acid groups (broad SMARTS) is 1. The van der Waals surface area contributed by atoms with Crippen LogP contribution in [0.2, 0.25) is 0 Å². The molecule has 0 amide bonds. The molecule has 112 valence electrons. The summed E-state index contributed by atoms with van der Waals surface area (Å²) < 4.78 is 12.0. The first-order valence-corrected chi connectivity index (χ1v) is 6.44.